The van der Waals surface area contributed by atoms with Crippen molar-refractivity contribution in [2.45, 2.75) is 13.3 Å². The van der Waals surface area contributed by atoms with Crippen LogP contribution in [-0.4, -0.2) is 36.2 Å². The van der Waals surface area contributed by atoms with Crippen LogP contribution in [0.4, 0.5) is 4.79 Å². The molecule has 106 valence electrons. The Kier molecular flexibility index (Phi) is 4.34. The van der Waals surface area contributed by atoms with Crippen LogP contribution in [0.1, 0.15) is 23.7 Å². The Hall–Kier alpha value is -2.37. The predicted molar refractivity (Wildman–Crippen MR) is 68.7 cm³/mol. The van der Waals surface area contributed by atoms with Gasteiger partial charge in [0.15, 0.2) is 0 Å². The zero-order valence-corrected chi connectivity index (χ0v) is 11.1. The lowest BCUT2D eigenvalue weighted by Crippen LogP contribution is -2.34. The van der Waals surface area contributed by atoms with Gasteiger partial charge in [-0.25, -0.2) is 14.5 Å². The Balaban J connectivity index is 1.77. The molecule has 1 aromatic rings. The van der Waals surface area contributed by atoms with Crippen LogP contribution >= 0.6 is 0 Å². The molecule has 6 nitrogen and oxygen atoms in total. The van der Waals surface area contributed by atoms with E-state index in [0.29, 0.717) is 18.5 Å². The van der Waals surface area contributed by atoms with Crippen LogP contribution in [-0.2, 0) is 14.3 Å². The first-order valence-electron chi connectivity index (χ1n) is 6.30. The van der Waals surface area contributed by atoms with Crippen molar-refractivity contribution >= 4 is 18.0 Å². The van der Waals surface area contributed by atoms with Crippen molar-refractivity contribution in [1.29, 1.82) is 0 Å². The van der Waals surface area contributed by atoms with Crippen molar-refractivity contribution in [2.75, 3.05) is 13.3 Å². The first-order valence-corrected chi connectivity index (χ1v) is 6.30. The van der Waals surface area contributed by atoms with Crippen LogP contribution in [0.2, 0.25) is 0 Å². The highest BCUT2D eigenvalue weighted by molar-refractivity contribution is 5.94. The molecule has 0 bridgehead atoms. The number of esters is 1. The quantitative estimate of drug-likeness (QED) is 0.622. The third kappa shape index (κ3) is 3.14. The summed E-state index contributed by atoms with van der Waals surface area (Å²) in [5.41, 5.74) is 0.370. The van der Waals surface area contributed by atoms with Crippen molar-refractivity contribution in [3.63, 3.8) is 0 Å². The number of ether oxygens (including phenoxy) is 2. The summed E-state index contributed by atoms with van der Waals surface area (Å²) < 4.78 is 9.56. The van der Waals surface area contributed by atoms with Gasteiger partial charge in [-0.3, -0.25) is 4.79 Å². The van der Waals surface area contributed by atoms with Gasteiger partial charge in [0.2, 0.25) is 12.7 Å². The lowest BCUT2D eigenvalue weighted by Gasteiger charge is -2.14. The smallest absolute Gasteiger partial charge is 0.419 e. The number of hydrogen-bond acceptors (Lipinski definition) is 5. The van der Waals surface area contributed by atoms with Crippen molar-refractivity contribution in [3.05, 3.63) is 35.9 Å². The second kappa shape index (κ2) is 6.18. The highest BCUT2D eigenvalue weighted by atomic mass is 16.7. The van der Waals surface area contributed by atoms with Crippen LogP contribution in [0.5, 0.6) is 0 Å². The standard InChI is InChI=1S/C14H15NO5/c1-10-7-8-15(12(10)16)14(18)20-9-19-13(17)11-5-3-2-4-6-11/h2-6,10H,7-9H2,1H3. The first-order chi connectivity index (χ1) is 9.59. The average molecular weight is 277 g/mol. The van der Waals surface area contributed by atoms with Gasteiger partial charge in [-0.1, -0.05) is 25.1 Å². The van der Waals surface area contributed by atoms with E-state index in [1.807, 2.05) is 0 Å². The normalized spacial score (nSPS) is 17.9. The lowest BCUT2D eigenvalue weighted by molar-refractivity contribution is -0.129. The SMILES string of the molecule is CC1CCN(C(=O)OCOC(=O)c2ccccc2)C1=O. The molecule has 1 saturated heterocycles. The molecule has 1 heterocycles. The molecule has 0 N–H and O–H groups in total. The minimum absolute atomic E-state index is 0.172. The molecule has 6 heteroatoms. The summed E-state index contributed by atoms with van der Waals surface area (Å²) in [6.45, 7) is 1.58. The molecule has 0 aromatic heterocycles. The highest BCUT2D eigenvalue weighted by Crippen LogP contribution is 2.17. The van der Waals surface area contributed by atoms with E-state index in [9.17, 15) is 14.4 Å². The van der Waals surface area contributed by atoms with Crippen LogP contribution < -0.4 is 0 Å². The molecule has 1 aromatic carbocycles. The van der Waals surface area contributed by atoms with E-state index in [1.165, 1.54) is 0 Å². The molecule has 2 rings (SSSR count). The number of likely N-dealkylation sites (tertiary alicyclic amines) is 1. The van der Waals surface area contributed by atoms with Crippen LogP contribution in [0.25, 0.3) is 0 Å². The molecule has 0 aliphatic carbocycles. The topological polar surface area (TPSA) is 72.9 Å². The van der Waals surface area contributed by atoms with Gasteiger partial charge < -0.3 is 9.47 Å². The highest BCUT2D eigenvalue weighted by Gasteiger charge is 2.33. The predicted octanol–water partition coefficient (Wildman–Crippen LogP) is 1.81. The maximum Gasteiger partial charge on any atom is 0.419 e. The Bertz CT molecular complexity index is 514. The lowest BCUT2D eigenvalue weighted by atomic mass is 10.1. The molecular formula is C14H15NO5. The first kappa shape index (κ1) is 14.0. The van der Waals surface area contributed by atoms with Crippen LogP contribution in [0.15, 0.2) is 30.3 Å². The molecule has 0 saturated carbocycles. The fraction of sp³-hybridized carbons (Fsp3) is 0.357. The molecular weight excluding hydrogens is 262 g/mol. The zero-order valence-electron chi connectivity index (χ0n) is 11.1. The van der Waals surface area contributed by atoms with E-state index >= 15 is 0 Å². The van der Waals surface area contributed by atoms with Crippen molar-refractivity contribution < 1.29 is 23.9 Å². The van der Waals surface area contributed by atoms with Gasteiger partial charge in [-0.05, 0) is 18.6 Å². The molecule has 1 fully saturated rings. The minimum atomic E-state index is -0.778. The third-order valence-electron chi connectivity index (χ3n) is 3.08. The summed E-state index contributed by atoms with van der Waals surface area (Å²) >= 11 is 0. The van der Waals surface area contributed by atoms with E-state index < -0.39 is 18.9 Å². The molecule has 1 aliphatic heterocycles. The number of nitrogens with zero attached hydrogens (tertiary/aromatic N) is 1. The monoisotopic (exact) mass is 277 g/mol. The number of imide groups is 1. The van der Waals surface area contributed by atoms with Gasteiger partial charge >= 0.3 is 12.1 Å². The molecule has 20 heavy (non-hydrogen) atoms. The summed E-state index contributed by atoms with van der Waals surface area (Å²) in [7, 11) is 0. The van der Waals surface area contributed by atoms with Gasteiger partial charge in [0.1, 0.15) is 0 Å². The Morgan fingerprint density at radius 3 is 2.55 bits per heavy atom. The zero-order chi connectivity index (χ0) is 14.5. The van der Waals surface area contributed by atoms with Gasteiger partial charge in [0.05, 0.1) is 5.56 Å². The Labute approximate surface area is 116 Å². The van der Waals surface area contributed by atoms with E-state index in [-0.39, 0.29) is 11.8 Å². The molecule has 1 aliphatic rings. The summed E-state index contributed by atoms with van der Waals surface area (Å²) in [4.78, 5) is 35.8. The number of benzene rings is 1. The van der Waals surface area contributed by atoms with Crippen molar-refractivity contribution in [3.8, 4) is 0 Å². The average Bonchev–Trinajstić information content (AvgIpc) is 2.80. The van der Waals surface area contributed by atoms with Gasteiger partial charge in [0.25, 0.3) is 0 Å². The summed E-state index contributed by atoms with van der Waals surface area (Å²) in [5.74, 6) is -1.02. The molecule has 0 radical (unpaired) electrons. The van der Waals surface area contributed by atoms with Gasteiger partial charge in [0, 0.05) is 12.5 Å². The fourth-order valence-corrected chi connectivity index (χ4v) is 1.87. The van der Waals surface area contributed by atoms with Crippen molar-refractivity contribution in [2.24, 2.45) is 5.92 Å². The number of carbonyl (C=O) groups is 3. The number of hydrogen-bond donors (Lipinski definition) is 0. The maximum absolute atomic E-state index is 11.6. The second-order valence-electron chi connectivity index (χ2n) is 4.51. The Morgan fingerprint density at radius 1 is 1.25 bits per heavy atom. The summed E-state index contributed by atoms with van der Waals surface area (Å²) in [5, 5.41) is 0. The second-order valence-corrected chi connectivity index (χ2v) is 4.51. The van der Waals surface area contributed by atoms with E-state index in [1.54, 1.807) is 37.3 Å². The third-order valence-corrected chi connectivity index (χ3v) is 3.08. The van der Waals surface area contributed by atoms with Gasteiger partial charge in [-0.15, -0.1) is 0 Å². The number of rotatable bonds is 3. The van der Waals surface area contributed by atoms with E-state index in [4.69, 9.17) is 9.47 Å². The number of amides is 2. The number of carbonyl (C=O) groups excluding carboxylic acids is 3. The van der Waals surface area contributed by atoms with E-state index in [2.05, 4.69) is 0 Å². The molecule has 0 spiro atoms. The fourth-order valence-electron chi connectivity index (χ4n) is 1.87. The van der Waals surface area contributed by atoms with E-state index in [0.717, 1.165) is 4.90 Å². The van der Waals surface area contributed by atoms with Crippen LogP contribution in [0.3, 0.4) is 0 Å². The molecule has 1 atom stereocenters. The summed E-state index contributed by atoms with van der Waals surface area (Å²) in [6.07, 6.45) is -0.155. The van der Waals surface area contributed by atoms with Gasteiger partial charge in [-0.2, -0.15) is 0 Å². The van der Waals surface area contributed by atoms with Crippen molar-refractivity contribution in [1.82, 2.24) is 4.90 Å². The van der Waals surface area contributed by atoms with Crippen LogP contribution in [0, 0.1) is 5.92 Å². The molecule has 1 unspecified atom stereocenters. The largest absolute Gasteiger partial charge is 0.424 e. The summed E-state index contributed by atoms with van der Waals surface area (Å²) in [6, 6.07) is 8.36. The maximum atomic E-state index is 11.6. The Morgan fingerprint density at radius 2 is 1.95 bits per heavy atom. The molecule has 2 amide bonds. The minimum Gasteiger partial charge on any atom is -0.424 e.